The number of fused-ring (bicyclic) bond motifs is 1. The number of likely N-dealkylation sites (N-methyl/N-ethyl adjacent to an activating group) is 2. The Morgan fingerprint density at radius 1 is 1.41 bits per heavy atom. The van der Waals surface area contributed by atoms with Gasteiger partial charge in [-0.15, -0.1) is 0 Å². The van der Waals surface area contributed by atoms with Gasteiger partial charge in [0.05, 0.1) is 31.9 Å². The van der Waals surface area contributed by atoms with Crippen molar-refractivity contribution in [3.8, 4) is 0 Å². The highest BCUT2D eigenvalue weighted by molar-refractivity contribution is 5.98. The van der Waals surface area contributed by atoms with Crippen molar-refractivity contribution in [2.75, 3.05) is 47.1 Å². The summed E-state index contributed by atoms with van der Waals surface area (Å²) >= 11 is 0. The topological polar surface area (TPSA) is 104 Å². The van der Waals surface area contributed by atoms with Gasteiger partial charge in [0.15, 0.2) is 0 Å². The number of amidine groups is 1. The predicted octanol–water partition coefficient (Wildman–Crippen LogP) is 0.0245. The molecular formula is C23H34N6O3. The molecular weight excluding hydrogens is 408 g/mol. The van der Waals surface area contributed by atoms with E-state index in [-0.39, 0.29) is 12.1 Å². The van der Waals surface area contributed by atoms with Crippen LogP contribution >= 0.6 is 0 Å². The number of hydrogen-bond acceptors (Lipinski definition) is 8. The largest absolute Gasteiger partial charge is 0.383 e. The molecule has 1 aromatic carbocycles. The second-order valence-electron chi connectivity index (χ2n) is 8.51. The van der Waals surface area contributed by atoms with Crippen LogP contribution in [0.25, 0.3) is 0 Å². The summed E-state index contributed by atoms with van der Waals surface area (Å²) in [5.41, 5.74) is 9.70. The number of carbonyl (C=O) groups is 1. The lowest BCUT2D eigenvalue weighted by Crippen LogP contribution is -2.69. The number of rotatable bonds is 8. The lowest BCUT2D eigenvalue weighted by molar-refractivity contribution is -0.142. The van der Waals surface area contributed by atoms with E-state index in [0.29, 0.717) is 38.7 Å². The summed E-state index contributed by atoms with van der Waals surface area (Å²) in [4.78, 5) is 21.9. The van der Waals surface area contributed by atoms with Gasteiger partial charge in [-0.25, -0.2) is 4.99 Å². The first-order valence-corrected chi connectivity index (χ1v) is 11.2. The lowest BCUT2D eigenvalue weighted by atomic mass is 9.92. The van der Waals surface area contributed by atoms with E-state index in [1.165, 1.54) is 11.1 Å². The SMILES string of the molecule is CCN1C(C2Cc3ccccc3CN2)=CC(NC2COC2)=NC1(C(N)=O)N(C)CCOC. The van der Waals surface area contributed by atoms with Gasteiger partial charge in [0.1, 0.15) is 5.84 Å². The average molecular weight is 443 g/mol. The van der Waals surface area contributed by atoms with Crippen molar-refractivity contribution in [2.45, 2.75) is 37.8 Å². The van der Waals surface area contributed by atoms with E-state index in [1.807, 2.05) is 23.8 Å². The van der Waals surface area contributed by atoms with E-state index < -0.39 is 11.7 Å². The highest BCUT2D eigenvalue weighted by Crippen LogP contribution is 2.33. The van der Waals surface area contributed by atoms with E-state index in [2.05, 4.69) is 41.0 Å². The molecule has 3 aliphatic heterocycles. The molecule has 1 fully saturated rings. The van der Waals surface area contributed by atoms with E-state index in [4.69, 9.17) is 20.2 Å². The monoisotopic (exact) mass is 442 g/mol. The van der Waals surface area contributed by atoms with Crippen LogP contribution in [0.15, 0.2) is 41.0 Å². The Kier molecular flexibility index (Phi) is 6.80. The van der Waals surface area contributed by atoms with Crippen LogP contribution < -0.4 is 16.4 Å². The maximum absolute atomic E-state index is 13.1. The molecule has 9 heteroatoms. The standard InChI is InChI=1S/C23H34N6O3/c1-4-29-20(19-11-16-7-5-6-8-17(16)13-25-19)12-21(26-18-14-32-15-18)27-23(29,22(24)30)28(2)9-10-31-3/h5-8,12,18-19,25H,4,9-11,13-15H2,1-3H3,(H2,24,30)(H,26,27). The Balaban J connectivity index is 1.73. The molecule has 0 spiro atoms. The van der Waals surface area contributed by atoms with E-state index in [9.17, 15) is 4.79 Å². The van der Waals surface area contributed by atoms with Crippen LogP contribution in [0.2, 0.25) is 0 Å². The molecule has 0 aliphatic carbocycles. The number of methoxy groups -OCH3 is 1. The summed E-state index contributed by atoms with van der Waals surface area (Å²) in [6.07, 6.45) is 2.88. The zero-order valence-corrected chi connectivity index (χ0v) is 19.1. The molecule has 2 unspecified atom stereocenters. The summed E-state index contributed by atoms with van der Waals surface area (Å²) < 4.78 is 10.6. The zero-order valence-electron chi connectivity index (χ0n) is 19.1. The van der Waals surface area contributed by atoms with Gasteiger partial charge in [0.2, 0.25) is 0 Å². The molecule has 3 heterocycles. The molecule has 9 nitrogen and oxygen atoms in total. The van der Waals surface area contributed by atoms with Crippen LogP contribution in [0.1, 0.15) is 18.1 Å². The van der Waals surface area contributed by atoms with Crippen molar-refractivity contribution < 1.29 is 14.3 Å². The minimum Gasteiger partial charge on any atom is -0.383 e. The summed E-state index contributed by atoms with van der Waals surface area (Å²) in [5, 5.41) is 7.09. The number of carbonyl (C=O) groups excluding carboxylic acids is 1. The van der Waals surface area contributed by atoms with Gasteiger partial charge in [-0.05, 0) is 31.5 Å². The fourth-order valence-corrected chi connectivity index (χ4v) is 4.67. The Labute approximate surface area is 189 Å². The van der Waals surface area contributed by atoms with Crippen molar-refractivity contribution in [1.29, 1.82) is 0 Å². The first-order chi connectivity index (χ1) is 15.5. The van der Waals surface area contributed by atoms with Gasteiger partial charge in [-0.2, -0.15) is 0 Å². The highest BCUT2D eigenvalue weighted by Gasteiger charge is 2.50. The maximum Gasteiger partial charge on any atom is 0.282 e. The van der Waals surface area contributed by atoms with Gasteiger partial charge in [0, 0.05) is 38.5 Å². The van der Waals surface area contributed by atoms with Crippen molar-refractivity contribution in [3.63, 3.8) is 0 Å². The molecule has 0 bridgehead atoms. The van der Waals surface area contributed by atoms with Gasteiger partial charge in [-0.3, -0.25) is 9.69 Å². The van der Waals surface area contributed by atoms with Crippen molar-refractivity contribution in [2.24, 2.45) is 10.7 Å². The number of primary amides is 1. The van der Waals surface area contributed by atoms with Crippen LogP contribution in [-0.2, 0) is 27.2 Å². The molecule has 0 saturated carbocycles. The Bertz CT molecular complexity index is 899. The van der Waals surface area contributed by atoms with Crippen LogP contribution in [-0.4, -0.2) is 86.5 Å². The number of nitrogens with one attached hydrogen (secondary N) is 2. The third-order valence-corrected chi connectivity index (χ3v) is 6.49. The van der Waals surface area contributed by atoms with Gasteiger partial charge < -0.3 is 30.7 Å². The van der Waals surface area contributed by atoms with Crippen LogP contribution in [0.5, 0.6) is 0 Å². The van der Waals surface area contributed by atoms with E-state index in [0.717, 1.165) is 18.7 Å². The molecule has 4 N–H and O–H groups in total. The molecule has 0 radical (unpaired) electrons. The summed E-state index contributed by atoms with van der Waals surface area (Å²) in [6.45, 7) is 5.60. The average Bonchev–Trinajstić information content (AvgIpc) is 2.78. The second kappa shape index (κ2) is 9.58. The highest BCUT2D eigenvalue weighted by atomic mass is 16.5. The normalized spacial score (nSPS) is 25.6. The number of benzene rings is 1. The van der Waals surface area contributed by atoms with Crippen molar-refractivity contribution in [1.82, 2.24) is 20.4 Å². The molecule has 4 rings (SSSR count). The summed E-state index contributed by atoms with van der Waals surface area (Å²) in [6, 6.07) is 8.68. The third-order valence-electron chi connectivity index (χ3n) is 6.49. The lowest BCUT2D eigenvalue weighted by Gasteiger charge is -2.50. The number of aliphatic imine (C=N–C) groups is 1. The van der Waals surface area contributed by atoms with Crippen LogP contribution in [0, 0.1) is 0 Å². The first kappa shape index (κ1) is 22.7. The van der Waals surface area contributed by atoms with Gasteiger partial charge in [-0.1, -0.05) is 24.3 Å². The number of nitrogens with zero attached hydrogens (tertiary/aromatic N) is 3. The fraction of sp³-hybridized carbons (Fsp3) is 0.565. The predicted molar refractivity (Wildman–Crippen MR) is 123 cm³/mol. The van der Waals surface area contributed by atoms with E-state index >= 15 is 0 Å². The quantitative estimate of drug-likeness (QED) is 0.522. The van der Waals surface area contributed by atoms with Crippen LogP contribution in [0.3, 0.4) is 0 Å². The van der Waals surface area contributed by atoms with Crippen molar-refractivity contribution in [3.05, 3.63) is 47.2 Å². The Morgan fingerprint density at radius 3 is 2.78 bits per heavy atom. The van der Waals surface area contributed by atoms with Gasteiger partial charge >= 0.3 is 0 Å². The molecule has 2 atom stereocenters. The first-order valence-electron chi connectivity index (χ1n) is 11.2. The molecule has 0 aromatic heterocycles. The maximum atomic E-state index is 13.1. The van der Waals surface area contributed by atoms with Crippen molar-refractivity contribution >= 4 is 11.7 Å². The zero-order chi connectivity index (χ0) is 22.7. The number of amides is 1. The number of ether oxygens (including phenoxy) is 2. The molecule has 1 aromatic rings. The Hall–Kier alpha value is -2.46. The Morgan fingerprint density at radius 2 is 2.16 bits per heavy atom. The molecule has 174 valence electrons. The second-order valence-corrected chi connectivity index (χ2v) is 8.51. The number of hydrogen-bond donors (Lipinski definition) is 3. The molecule has 3 aliphatic rings. The van der Waals surface area contributed by atoms with Gasteiger partial charge in [0.25, 0.3) is 11.7 Å². The summed E-state index contributed by atoms with van der Waals surface area (Å²) in [5.74, 6) is -1.20. The number of nitrogens with two attached hydrogens (primary N) is 1. The molecule has 32 heavy (non-hydrogen) atoms. The fourth-order valence-electron chi connectivity index (χ4n) is 4.67. The minimum absolute atomic E-state index is 0.0318. The summed E-state index contributed by atoms with van der Waals surface area (Å²) in [7, 11) is 3.51. The molecule has 1 saturated heterocycles. The minimum atomic E-state index is -1.34. The van der Waals surface area contributed by atoms with Crippen LogP contribution in [0.4, 0.5) is 0 Å². The smallest absolute Gasteiger partial charge is 0.282 e. The molecule has 1 amide bonds. The third kappa shape index (κ3) is 4.13. The van der Waals surface area contributed by atoms with E-state index in [1.54, 1.807) is 7.11 Å².